The molecule has 0 spiro atoms. The number of imide groups is 1. The number of hydrogen-bond acceptors (Lipinski definition) is 7. The molecular weight excluding hydrogens is 344 g/mol. The Labute approximate surface area is 147 Å². The second kappa shape index (κ2) is 5.12. The third kappa shape index (κ3) is 1.86. The molecule has 9 heteroatoms. The standard InChI is InChI=1S/C17H16N2O7/c1-16-5-6-17(8-20,26-16)13-12(16)14(21)18(15(13)22)10-4-3-9(25-2)7-11(10)19(23)24/h3-7,12-13,20H,8H2,1-2H3/t12-,13+,16-,17+/m1/s1. The van der Waals surface area contributed by atoms with E-state index in [9.17, 15) is 24.8 Å². The maximum Gasteiger partial charge on any atom is 0.297 e. The summed E-state index contributed by atoms with van der Waals surface area (Å²) in [6.45, 7) is 1.21. The van der Waals surface area contributed by atoms with Crippen molar-refractivity contribution in [1.82, 2.24) is 0 Å². The van der Waals surface area contributed by atoms with Crippen LogP contribution in [0.4, 0.5) is 11.4 Å². The van der Waals surface area contributed by atoms with E-state index >= 15 is 0 Å². The van der Waals surface area contributed by atoms with Crippen LogP contribution in [0.1, 0.15) is 6.92 Å². The summed E-state index contributed by atoms with van der Waals surface area (Å²) in [5.41, 5.74) is -2.83. The largest absolute Gasteiger partial charge is 0.496 e. The Kier molecular flexibility index (Phi) is 3.28. The number of nitro benzene ring substituents is 1. The molecule has 9 nitrogen and oxygen atoms in total. The molecule has 1 N–H and O–H groups in total. The number of carbonyl (C=O) groups is 2. The molecule has 3 aliphatic rings. The molecule has 2 fully saturated rings. The van der Waals surface area contributed by atoms with Gasteiger partial charge >= 0.3 is 0 Å². The van der Waals surface area contributed by atoms with E-state index in [4.69, 9.17) is 9.47 Å². The molecule has 1 aromatic carbocycles. The summed E-state index contributed by atoms with van der Waals surface area (Å²) in [4.78, 5) is 37.7. The van der Waals surface area contributed by atoms with Crippen LogP contribution < -0.4 is 9.64 Å². The Morgan fingerprint density at radius 3 is 2.62 bits per heavy atom. The first kappa shape index (κ1) is 16.7. The molecule has 4 rings (SSSR count). The molecule has 1 aromatic rings. The molecule has 0 aliphatic carbocycles. The average Bonchev–Trinajstić information content (AvgIpc) is 3.20. The number of aliphatic hydroxyl groups is 1. The van der Waals surface area contributed by atoms with Gasteiger partial charge in [-0.1, -0.05) is 12.2 Å². The van der Waals surface area contributed by atoms with Crippen molar-refractivity contribution in [1.29, 1.82) is 0 Å². The van der Waals surface area contributed by atoms with Crippen molar-refractivity contribution in [3.8, 4) is 5.75 Å². The molecule has 3 aliphatic heterocycles. The second-order valence-electron chi connectivity index (χ2n) is 6.81. The summed E-state index contributed by atoms with van der Waals surface area (Å²) in [5.74, 6) is -2.71. The minimum atomic E-state index is -1.28. The predicted octanol–water partition coefficient (Wildman–Crippen LogP) is 0.799. The van der Waals surface area contributed by atoms with Crippen molar-refractivity contribution in [2.24, 2.45) is 11.8 Å². The number of anilines is 1. The molecule has 4 atom stereocenters. The first-order valence-corrected chi connectivity index (χ1v) is 7.99. The molecule has 0 radical (unpaired) electrons. The molecular formula is C17H16N2O7. The van der Waals surface area contributed by atoms with Crippen molar-refractivity contribution < 1.29 is 29.1 Å². The summed E-state index contributed by atoms with van der Waals surface area (Å²) >= 11 is 0. The molecule has 26 heavy (non-hydrogen) atoms. The van der Waals surface area contributed by atoms with Gasteiger partial charge in [-0.05, 0) is 19.1 Å². The monoisotopic (exact) mass is 360 g/mol. The van der Waals surface area contributed by atoms with E-state index in [0.717, 1.165) is 11.0 Å². The van der Waals surface area contributed by atoms with Crippen molar-refractivity contribution in [2.45, 2.75) is 18.1 Å². The number of ether oxygens (including phenoxy) is 2. The van der Waals surface area contributed by atoms with Crippen molar-refractivity contribution >= 4 is 23.2 Å². The molecule has 0 aromatic heterocycles. The lowest BCUT2D eigenvalue weighted by molar-refractivity contribution is -0.384. The number of carbonyl (C=O) groups excluding carboxylic acids is 2. The third-order valence-corrected chi connectivity index (χ3v) is 5.42. The van der Waals surface area contributed by atoms with E-state index in [1.54, 1.807) is 19.1 Å². The van der Waals surface area contributed by atoms with Crippen LogP contribution in [0.25, 0.3) is 0 Å². The zero-order chi connectivity index (χ0) is 18.9. The predicted molar refractivity (Wildman–Crippen MR) is 87.6 cm³/mol. The summed E-state index contributed by atoms with van der Waals surface area (Å²) in [6.07, 6.45) is 3.27. The highest BCUT2D eigenvalue weighted by Gasteiger charge is 2.72. The first-order valence-electron chi connectivity index (χ1n) is 7.99. The number of methoxy groups -OCH3 is 1. The highest BCUT2D eigenvalue weighted by molar-refractivity contribution is 6.24. The smallest absolute Gasteiger partial charge is 0.297 e. The van der Waals surface area contributed by atoms with Crippen LogP contribution in [0.15, 0.2) is 30.4 Å². The number of nitro groups is 1. The van der Waals surface area contributed by atoms with Crippen LogP contribution in [0.2, 0.25) is 0 Å². The lowest BCUT2D eigenvalue weighted by Gasteiger charge is -2.26. The van der Waals surface area contributed by atoms with Gasteiger partial charge in [0.1, 0.15) is 17.0 Å². The van der Waals surface area contributed by atoms with E-state index in [1.807, 2.05) is 0 Å². The van der Waals surface area contributed by atoms with E-state index in [-0.39, 0.29) is 11.4 Å². The Morgan fingerprint density at radius 1 is 1.31 bits per heavy atom. The van der Waals surface area contributed by atoms with Crippen molar-refractivity contribution in [2.75, 3.05) is 18.6 Å². The number of aliphatic hydroxyl groups excluding tert-OH is 1. The fourth-order valence-corrected chi connectivity index (χ4v) is 4.24. The zero-order valence-electron chi connectivity index (χ0n) is 14.0. The molecule has 0 unspecified atom stereocenters. The molecule has 136 valence electrons. The fourth-order valence-electron chi connectivity index (χ4n) is 4.24. The van der Waals surface area contributed by atoms with Crippen LogP contribution in [0, 0.1) is 22.0 Å². The van der Waals surface area contributed by atoms with E-state index in [1.165, 1.54) is 19.2 Å². The lowest BCUT2D eigenvalue weighted by Crippen LogP contribution is -2.43. The van der Waals surface area contributed by atoms with Crippen molar-refractivity contribution in [3.63, 3.8) is 0 Å². The van der Waals surface area contributed by atoms with Gasteiger partial charge in [-0.25, -0.2) is 4.90 Å². The molecule has 3 heterocycles. The fraction of sp³-hybridized carbons (Fsp3) is 0.412. The van der Waals surface area contributed by atoms with Crippen LogP contribution in [0.3, 0.4) is 0 Å². The molecule has 0 saturated carbocycles. The Bertz CT molecular complexity index is 882. The average molecular weight is 360 g/mol. The minimum Gasteiger partial charge on any atom is -0.496 e. The van der Waals surface area contributed by atoms with Gasteiger partial charge in [-0.2, -0.15) is 0 Å². The maximum absolute atomic E-state index is 13.0. The number of fused-ring (bicyclic) bond motifs is 5. The van der Waals surface area contributed by atoms with Crippen LogP contribution in [0.5, 0.6) is 5.75 Å². The topological polar surface area (TPSA) is 119 Å². The van der Waals surface area contributed by atoms with E-state index in [2.05, 4.69) is 0 Å². The lowest BCUT2D eigenvalue weighted by atomic mass is 9.73. The minimum absolute atomic E-state index is 0.115. The summed E-state index contributed by atoms with van der Waals surface area (Å²) in [7, 11) is 1.36. The summed E-state index contributed by atoms with van der Waals surface area (Å²) < 4.78 is 10.8. The molecule has 2 saturated heterocycles. The highest BCUT2D eigenvalue weighted by atomic mass is 16.6. The Balaban J connectivity index is 1.83. The summed E-state index contributed by atoms with van der Waals surface area (Å²) in [6, 6.07) is 3.93. The number of hydrogen-bond donors (Lipinski definition) is 1. The van der Waals surface area contributed by atoms with Crippen LogP contribution in [-0.4, -0.2) is 46.8 Å². The van der Waals surface area contributed by atoms with Crippen LogP contribution in [-0.2, 0) is 14.3 Å². The van der Waals surface area contributed by atoms with Gasteiger partial charge in [0.25, 0.3) is 5.69 Å². The number of amides is 2. The van der Waals surface area contributed by atoms with Crippen molar-refractivity contribution in [3.05, 3.63) is 40.5 Å². The van der Waals surface area contributed by atoms with Gasteiger partial charge in [0.05, 0.1) is 42.1 Å². The van der Waals surface area contributed by atoms with Gasteiger partial charge in [-0.3, -0.25) is 19.7 Å². The van der Waals surface area contributed by atoms with Gasteiger partial charge in [0.2, 0.25) is 11.8 Å². The van der Waals surface area contributed by atoms with Gasteiger partial charge < -0.3 is 14.6 Å². The number of rotatable bonds is 4. The highest BCUT2D eigenvalue weighted by Crippen LogP contribution is 2.58. The third-order valence-electron chi connectivity index (χ3n) is 5.42. The van der Waals surface area contributed by atoms with Gasteiger partial charge in [0.15, 0.2) is 0 Å². The maximum atomic E-state index is 13.0. The van der Waals surface area contributed by atoms with E-state index < -0.39 is 52.1 Å². The number of benzene rings is 1. The SMILES string of the molecule is COc1ccc(N2C(=O)[C@@H]3[C@H](C2=O)[C@@]2(C)C=C[C@@]3(CO)O2)c([N+](=O)[O-])c1. The van der Waals surface area contributed by atoms with Gasteiger partial charge in [-0.15, -0.1) is 0 Å². The Morgan fingerprint density at radius 2 is 2.00 bits per heavy atom. The summed E-state index contributed by atoms with van der Waals surface area (Å²) in [5, 5.41) is 21.2. The molecule has 2 amide bonds. The number of nitrogens with zero attached hydrogens (tertiary/aromatic N) is 2. The van der Waals surface area contributed by atoms with E-state index in [0.29, 0.717) is 0 Å². The zero-order valence-corrected chi connectivity index (χ0v) is 14.0. The molecule has 2 bridgehead atoms. The quantitative estimate of drug-likeness (QED) is 0.365. The van der Waals surface area contributed by atoms with Crippen LogP contribution >= 0.6 is 0 Å². The Hall–Kier alpha value is -2.78. The second-order valence-corrected chi connectivity index (χ2v) is 6.81. The van der Waals surface area contributed by atoms with Gasteiger partial charge in [0, 0.05) is 0 Å². The first-order chi connectivity index (χ1) is 12.3. The normalized spacial score (nSPS) is 34.5.